The van der Waals surface area contributed by atoms with Gasteiger partial charge in [0.15, 0.2) is 0 Å². The molecular weight excluding hydrogens is 212 g/mol. The van der Waals surface area contributed by atoms with E-state index in [1.54, 1.807) is 0 Å². The van der Waals surface area contributed by atoms with Crippen LogP contribution in [0.3, 0.4) is 0 Å². The van der Waals surface area contributed by atoms with Gasteiger partial charge in [-0.25, -0.2) is 0 Å². The monoisotopic (exact) mass is 236 g/mol. The fourth-order valence-corrected chi connectivity index (χ4v) is 3.24. The quantitative estimate of drug-likeness (QED) is 0.701. The molecule has 3 heteroatoms. The summed E-state index contributed by atoms with van der Waals surface area (Å²) in [6, 6.07) is 2.97. The second-order valence-electron chi connectivity index (χ2n) is 6.30. The van der Waals surface area contributed by atoms with Crippen LogP contribution in [0.4, 0.5) is 0 Å². The molecule has 3 atom stereocenters. The average molecular weight is 236 g/mol. The zero-order valence-corrected chi connectivity index (χ0v) is 11.3. The van der Waals surface area contributed by atoms with Crippen LogP contribution >= 0.6 is 0 Å². The minimum absolute atomic E-state index is 0.0566. The van der Waals surface area contributed by atoms with Gasteiger partial charge in [-0.2, -0.15) is 5.26 Å². The van der Waals surface area contributed by atoms with Crippen LogP contribution in [0, 0.1) is 23.2 Å². The molecule has 0 N–H and O–H groups in total. The first-order valence-corrected chi connectivity index (χ1v) is 6.79. The number of rotatable bonds is 1. The second-order valence-corrected chi connectivity index (χ2v) is 6.30. The number of hydrogen-bond acceptors (Lipinski definition) is 3. The van der Waals surface area contributed by atoms with Crippen LogP contribution < -0.4 is 0 Å². The van der Waals surface area contributed by atoms with Crippen molar-refractivity contribution in [2.24, 2.45) is 11.8 Å². The maximum Gasteiger partial charge on any atom is 0.0753 e. The number of hydrogen-bond donors (Lipinski definition) is 0. The van der Waals surface area contributed by atoms with Crippen LogP contribution in [0.1, 0.15) is 40.0 Å². The molecule has 0 amide bonds. The Labute approximate surface area is 105 Å². The van der Waals surface area contributed by atoms with E-state index in [2.05, 4.69) is 31.7 Å². The van der Waals surface area contributed by atoms with Gasteiger partial charge in [-0.15, -0.1) is 0 Å². The predicted octanol–water partition coefficient (Wildman–Crippen LogP) is 2.43. The molecule has 1 saturated carbocycles. The van der Waals surface area contributed by atoms with Crippen molar-refractivity contribution in [2.45, 2.75) is 51.7 Å². The Kier molecular flexibility index (Phi) is 3.75. The predicted molar refractivity (Wildman–Crippen MR) is 67.5 cm³/mol. The lowest BCUT2D eigenvalue weighted by atomic mass is 9.78. The van der Waals surface area contributed by atoms with E-state index in [-0.39, 0.29) is 11.5 Å². The Morgan fingerprint density at radius 1 is 1.35 bits per heavy atom. The first-order chi connectivity index (χ1) is 8.02. The van der Waals surface area contributed by atoms with Gasteiger partial charge >= 0.3 is 0 Å². The molecule has 2 fully saturated rings. The third-order valence-corrected chi connectivity index (χ3v) is 4.17. The van der Waals surface area contributed by atoms with Gasteiger partial charge in [0.2, 0.25) is 0 Å². The standard InChI is InChI=1S/C14H24N2O/c1-11-4-5-12(9-15)13(8-11)16-6-7-17-14(2,3)10-16/h11-13H,4-8,10H2,1-3H3. The number of nitriles is 1. The van der Waals surface area contributed by atoms with Gasteiger partial charge in [-0.1, -0.05) is 6.92 Å². The van der Waals surface area contributed by atoms with Crippen molar-refractivity contribution >= 4 is 0 Å². The molecule has 0 radical (unpaired) electrons. The lowest BCUT2D eigenvalue weighted by Gasteiger charge is -2.45. The largest absolute Gasteiger partial charge is 0.373 e. The summed E-state index contributed by atoms with van der Waals surface area (Å²) in [5, 5.41) is 9.30. The lowest BCUT2D eigenvalue weighted by Crippen LogP contribution is -2.55. The third kappa shape index (κ3) is 3.00. The molecule has 0 bridgehead atoms. The summed E-state index contributed by atoms with van der Waals surface area (Å²) in [5.74, 6) is 0.982. The molecule has 96 valence electrons. The van der Waals surface area contributed by atoms with Crippen molar-refractivity contribution in [1.82, 2.24) is 4.90 Å². The van der Waals surface area contributed by atoms with Crippen LogP contribution in [-0.4, -0.2) is 36.2 Å². The minimum atomic E-state index is -0.0566. The summed E-state index contributed by atoms with van der Waals surface area (Å²) in [6.45, 7) is 9.35. The van der Waals surface area contributed by atoms with Crippen LogP contribution in [0.25, 0.3) is 0 Å². The highest BCUT2D eigenvalue weighted by Crippen LogP contribution is 2.33. The van der Waals surface area contributed by atoms with Crippen LogP contribution in [0.15, 0.2) is 0 Å². The Morgan fingerprint density at radius 3 is 2.76 bits per heavy atom. The molecule has 0 aromatic rings. The average Bonchev–Trinajstić information content (AvgIpc) is 2.27. The highest BCUT2D eigenvalue weighted by atomic mass is 16.5. The molecule has 17 heavy (non-hydrogen) atoms. The second kappa shape index (κ2) is 4.96. The van der Waals surface area contributed by atoms with E-state index in [1.807, 2.05) is 0 Å². The van der Waals surface area contributed by atoms with E-state index in [0.29, 0.717) is 6.04 Å². The van der Waals surface area contributed by atoms with Crippen molar-refractivity contribution in [3.8, 4) is 6.07 Å². The molecule has 0 spiro atoms. The van der Waals surface area contributed by atoms with E-state index in [1.165, 1.54) is 12.8 Å². The smallest absolute Gasteiger partial charge is 0.0753 e. The fourth-order valence-electron chi connectivity index (χ4n) is 3.24. The van der Waals surface area contributed by atoms with Crippen LogP contribution in [0.2, 0.25) is 0 Å². The molecule has 3 unspecified atom stereocenters. The molecule has 0 aromatic carbocycles. The minimum Gasteiger partial charge on any atom is -0.373 e. The van der Waals surface area contributed by atoms with E-state index in [0.717, 1.165) is 32.0 Å². The van der Waals surface area contributed by atoms with E-state index < -0.39 is 0 Å². The normalized spacial score (nSPS) is 38.6. The SMILES string of the molecule is CC1CCC(C#N)C(N2CCOC(C)(C)C2)C1. The molecule has 0 aromatic heterocycles. The zero-order valence-electron chi connectivity index (χ0n) is 11.3. The molecule has 1 saturated heterocycles. The topological polar surface area (TPSA) is 36.3 Å². The summed E-state index contributed by atoms with van der Waals surface area (Å²) in [6.07, 6.45) is 3.46. The maximum atomic E-state index is 9.30. The van der Waals surface area contributed by atoms with Crippen LogP contribution in [-0.2, 0) is 4.74 Å². The summed E-state index contributed by atoms with van der Waals surface area (Å²) >= 11 is 0. The highest BCUT2D eigenvalue weighted by Gasteiger charge is 2.37. The van der Waals surface area contributed by atoms with Gasteiger partial charge in [-0.05, 0) is 39.0 Å². The van der Waals surface area contributed by atoms with E-state index in [4.69, 9.17) is 4.74 Å². The van der Waals surface area contributed by atoms with Crippen molar-refractivity contribution in [2.75, 3.05) is 19.7 Å². The summed E-state index contributed by atoms with van der Waals surface area (Å²) in [4.78, 5) is 2.49. The molecule has 1 heterocycles. The van der Waals surface area contributed by atoms with E-state index in [9.17, 15) is 5.26 Å². The van der Waals surface area contributed by atoms with Gasteiger partial charge in [-0.3, -0.25) is 4.90 Å². The van der Waals surface area contributed by atoms with Crippen molar-refractivity contribution < 1.29 is 4.74 Å². The molecule has 2 aliphatic rings. The molecule has 2 rings (SSSR count). The highest BCUT2D eigenvalue weighted by molar-refractivity contribution is 4.98. The van der Waals surface area contributed by atoms with Gasteiger partial charge in [0, 0.05) is 19.1 Å². The van der Waals surface area contributed by atoms with Crippen molar-refractivity contribution in [3.05, 3.63) is 0 Å². The number of nitrogens with zero attached hydrogens (tertiary/aromatic N) is 2. The molecular formula is C14H24N2O. The maximum absolute atomic E-state index is 9.30. The van der Waals surface area contributed by atoms with Crippen LogP contribution in [0.5, 0.6) is 0 Å². The number of morpholine rings is 1. The Morgan fingerprint density at radius 2 is 2.12 bits per heavy atom. The van der Waals surface area contributed by atoms with Gasteiger partial charge in [0.25, 0.3) is 0 Å². The summed E-state index contributed by atoms with van der Waals surface area (Å²) in [7, 11) is 0. The van der Waals surface area contributed by atoms with Gasteiger partial charge < -0.3 is 4.74 Å². The van der Waals surface area contributed by atoms with Crippen molar-refractivity contribution in [3.63, 3.8) is 0 Å². The molecule has 1 aliphatic carbocycles. The van der Waals surface area contributed by atoms with Crippen molar-refractivity contribution in [1.29, 1.82) is 5.26 Å². The Hall–Kier alpha value is -0.590. The van der Waals surface area contributed by atoms with Gasteiger partial charge in [0.05, 0.1) is 24.2 Å². The van der Waals surface area contributed by atoms with E-state index >= 15 is 0 Å². The first-order valence-electron chi connectivity index (χ1n) is 6.79. The summed E-state index contributed by atoms with van der Waals surface area (Å²) in [5.41, 5.74) is -0.0566. The summed E-state index contributed by atoms with van der Waals surface area (Å²) < 4.78 is 5.76. The Bertz CT molecular complexity index is 308. The lowest BCUT2D eigenvalue weighted by molar-refractivity contribution is -0.106. The fraction of sp³-hybridized carbons (Fsp3) is 0.929. The molecule has 1 aliphatic heterocycles. The Balaban J connectivity index is 2.06. The van der Waals surface area contributed by atoms with Gasteiger partial charge in [0.1, 0.15) is 0 Å². The number of ether oxygens (including phenoxy) is 1. The molecule has 3 nitrogen and oxygen atoms in total. The first kappa shape index (κ1) is 12.9. The third-order valence-electron chi connectivity index (χ3n) is 4.17. The zero-order chi connectivity index (χ0) is 12.5.